The van der Waals surface area contributed by atoms with Gasteiger partial charge in [-0.15, -0.1) is 0 Å². The molecule has 0 aromatic heterocycles. The molecule has 104 valence electrons. The number of hydrogen-bond donors (Lipinski definition) is 1. The summed E-state index contributed by atoms with van der Waals surface area (Å²) in [5, 5.41) is 4.78. The highest BCUT2D eigenvalue weighted by molar-refractivity contribution is 6.02. The van der Waals surface area contributed by atoms with Gasteiger partial charge < -0.3 is 10.1 Å². The van der Waals surface area contributed by atoms with Crippen LogP contribution in [0.5, 0.6) is 0 Å². The molecule has 2 rings (SSSR count). The van der Waals surface area contributed by atoms with E-state index in [1.807, 2.05) is 49.4 Å². The molecule has 0 heterocycles. The molecule has 20 heavy (non-hydrogen) atoms. The lowest BCUT2D eigenvalue weighted by Crippen LogP contribution is -2.20. The van der Waals surface area contributed by atoms with Crippen molar-refractivity contribution in [2.75, 3.05) is 11.9 Å². The molecule has 0 saturated carbocycles. The first-order valence-electron chi connectivity index (χ1n) is 6.64. The van der Waals surface area contributed by atoms with E-state index >= 15 is 0 Å². The Hall–Kier alpha value is -2.36. The summed E-state index contributed by atoms with van der Waals surface area (Å²) in [6, 6.07) is 13.5. The van der Waals surface area contributed by atoms with Crippen LogP contribution < -0.4 is 5.32 Å². The first kappa shape index (κ1) is 14.1. The quantitative estimate of drug-likeness (QED) is 0.850. The van der Waals surface area contributed by atoms with Gasteiger partial charge in [0.25, 0.3) is 5.91 Å². The van der Waals surface area contributed by atoms with E-state index in [1.165, 1.54) is 0 Å². The largest absolute Gasteiger partial charge is 0.456 e. The first-order valence-corrected chi connectivity index (χ1v) is 6.64. The number of benzene rings is 2. The number of carbonyl (C=O) groups excluding carboxylic acids is 2. The highest BCUT2D eigenvalue weighted by Crippen LogP contribution is 2.22. The van der Waals surface area contributed by atoms with E-state index < -0.39 is 0 Å². The highest BCUT2D eigenvalue weighted by atomic mass is 16.5. The number of ether oxygens (including phenoxy) is 1. The minimum absolute atomic E-state index is 0.248. The van der Waals surface area contributed by atoms with Gasteiger partial charge in [-0.05, 0) is 17.9 Å². The van der Waals surface area contributed by atoms with Crippen LogP contribution in [0.4, 0.5) is 5.69 Å². The molecule has 1 N–H and O–H groups in total. The third-order valence-electron chi connectivity index (χ3n) is 2.88. The van der Waals surface area contributed by atoms with Gasteiger partial charge in [0.2, 0.25) is 0 Å². The molecule has 0 spiro atoms. The van der Waals surface area contributed by atoms with Crippen LogP contribution >= 0.6 is 0 Å². The van der Waals surface area contributed by atoms with Crippen molar-refractivity contribution >= 4 is 28.3 Å². The lowest BCUT2D eigenvalue weighted by Gasteiger charge is -2.09. The summed E-state index contributed by atoms with van der Waals surface area (Å²) >= 11 is 0. The standard InChI is InChI=1S/C16H17NO3/c1-2-6-16(19)20-11-15(18)17-14-10-5-8-12-7-3-4-9-13(12)14/h3-5,7-10H,2,6,11H2,1H3,(H,17,18). The topological polar surface area (TPSA) is 55.4 Å². The van der Waals surface area contributed by atoms with Crippen LogP contribution in [-0.4, -0.2) is 18.5 Å². The van der Waals surface area contributed by atoms with Crippen molar-refractivity contribution in [3.05, 3.63) is 42.5 Å². The molecule has 0 bridgehead atoms. The second-order valence-electron chi connectivity index (χ2n) is 4.49. The zero-order valence-electron chi connectivity index (χ0n) is 11.4. The molecule has 0 unspecified atom stereocenters. The Balaban J connectivity index is 2.01. The van der Waals surface area contributed by atoms with Gasteiger partial charge in [-0.25, -0.2) is 0 Å². The molecule has 1 amide bonds. The summed E-state index contributed by atoms with van der Waals surface area (Å²) in [6.45, 7) is 1.64. The molecule has 4 heteroatoms. The SMILES string of the molecule is CCCC(=O)OCC(=O)Nc1cccc2ccccc12. The highest BCUT2D eigenvalue weighted by Gasteiger charge is 2.08. The average Bonchev–Trinajstić information content (AvgIpc) is 2.46. The van der Waals surface area contributed by atoms with E-state index in [1.54, 1.807) is 0 Å². The third-order valence-corrected chi connectivity index (χ3v) is 2.88. The Morgan fingerprint density at radius 2 is 1.85 bits per heavy atom. The molecule has 0 aliphatic carbocycles. The second kappa shape index (κ2) is 6.70. The minimum atomic E-state index is -0.347. The fourth-order valence-corrected chi connectivity index (χ4v) is 1.94. The minimum Gasteiger partial charge on any atom is -0.456 e. The van der Waals surface area contributed by atoms with Gasteiger partial charge in [0.05, 0.1) is 0 Å². The van der Waals surface area contributed by atoms with Crippen molar-refractivity contribution in [3.63, 3.8) is 0 Å². The van der Waals surface area contributed by atoms with Crippen molar-refractivity contribution in [2.24, 2.45) is 0 Å². The molecule has 0 fully saturated rings. The lowest BCUT2D eigenvalue weighted by atomic mass is 10.1. The Labute approximate surface area is 117 Å². The normalized spacial score (nSPS) is 10.2. The number of esters is 1. The predicted molar refractivity (Wildman–Crippen MR) is 78.4 cm³/mol. The maximum absolute atomic E-state index is 11.8. The van der Waals surface area contributed by atoms with E-state index in [2.05, 4.69) is 5.32 Å². The smallest absolute Gasteiger partial charge is 0.306 e. The summed E-state index contributed by atoms with van der Waals surface area (Å²) in [6.07, 6.45) is 1.05. The van der Waals surface area contributed by atoms with E-state index in [9.17, 15) is 9.59 Å². The van der Waals surface area contributed by atoms with Crippen LogP contribution in [0.1, 0.15) is 19.8 Å². The zero-order valence-corrected chi connectivity index (χ0v) is 11.4. The number of fused-ring (bicyclic) bond motifs is 1. The summed E-state index contributed by atoms with van der Waals surface area (Å²) in [4.78, 5) is 23.0. The Morgan fingerprint density at radius 3 is 2.65 bits per heavy atom. The summed E-state index contributed by atoms with van der Waals surface area (Å²) in [5.74, 6) is -0.675. The number of rotatable bonds is 5. The van der Waals surface area contributed by atoms with Crippen molar-refractivity contribution < 1.29 is 14.3 Å². The monoisotopic (exact) mass is 271 g/mol. The lowest BCUT2D eigenvalue weighted by molar-refractivity contribution is -0.147. The van der Waals surface area contributed by atoms with Gasteiger partial charge >= 0.3 is 5.97 Å². The molecule has 0 atom stereocenters. The molecule has 0 aliphatic rings. The van der Waals surface area contributed by atoms with Gasteiger partial charge in [-0.2, -0.15) is 0 Å². The van der Waals surface area contributed by atoms with Crippen molar-refractivity contribution in [2.45, 2.75) is 19.8 Å². The van der Waals surface area contributed by atoms with Gasteiger partial charge in [-0.3, -0.25) is 9.59 Å². The molecule has 0 saturated heterocycles. The maximum atomic E-state index is 11.8. The fraction of sp³-hybridized carbons (Fsp3) is 0.250. The van der Waals surface area contributed by atoms with E-state index in [0.29, 0.717) is 12.8 Å². The molecule has 2 aromatic rings. The van der Waals surface area contributed by atoms with Crippen molar-refractivity contribution in [1.29, 1.82) is 0 Å². The predicted octanol–water partition coefficient (Wildman–Crippen LogP) is 3.12. The van der Waals surface area contributed by atoms with Gasteiger partial charge in [-0.1, -0.05) is 43.3 Å². The number of hydrogen-bond acceptors (Lipinski definition) is 3. The van der Waals surface area contributed by atoms with E-state index in [4.69, 9.17) is 4.74 Å². The number of amides is 1. The number of carbonyl (C=O) groups is 2. The molecular formula is C16H17NO3. The Bertz CT molecular complexity index is 617. The number of anilines is 1. The van der Waals surface area contributed by atoms with Gasteiger partial charge in [0, 0.05) is 17.5 Å². The van der Waals surface area contributed by atoms with Gasteiger partial charge in [0.15, 0.2) is 6.61 Å². The molecular weight excluding hydrogens is 254 g/mol. The van der Waals surface area contributed by atoms with E-state index in [-0.39, 0.29) is 18.5 Å². The maximum Gasteiger partial charge on any atom is 0.306 e. The molecule has 0 aliphatic heterocycles. The van der Waals surface area contributed by atoms with Crippen LogP contribution in [0.25, 0.3) is 10.8 Å². The van der Waals surface area contributed by atoms with Crippen molar-refractivity contribution in [1.82, 2.24) is 0 Å². The average molecular weight is 271 g/mol. The van der Waals surface area contributed by atoms with Crippen molar-refractivity contribution in [3.8, 4) is 0 Å². The van der Waals surface area contributed by atoms with Crippen LogP contribution in [0, 0.1) is 0 Å². The van der Waals surface area contributed by atoms with Crippen LogP contribution in [-0.2, 0) is 14.3 Å². The molecule has 0 radical (unpaired) electrons. The fourth-order valence-electron chi connectivity index (χ4n) is 1.94. The Kier molecular flexibility index (Phi) is 4.71. The molecule has 2 aromatic carbocycles. The summed E-state index contributed by atoms with van der Waals surface area (Å²) in [5.41, 5.74) is 0.722. The van der Waals surface area contributed by atoms with Crippen LogP contribution in [0.2, 0.25) is 0 Å². The summed E-state index contributed by atoms with van der Waals surface area (Å²) in [7, 11) is 0. The van der Waals surface area contributed by atoms with Crippen LogP contribution in [0.3, 0.4) is 0 Å². The second-order valence-corrected chi connectivity index (χ2v) is 4.49. The Morgan fingerprint density at radius 1 is 1.10 bits per heavy atom. The zero-order chi connectivity index (χ0) is 14.4. The van der Waals surface area contributed by atoms with E-state index in [0.717, 1.165) is 16.5 Å². The molecule has 4 nitrogen and oxygen atoms in total. The third kappa shape index (κ3) is 3.57. The number of nitrogens with one attached hydrogen (secondary N) is 1. The van der Waals surface area contributed by atoms with Gasteiger partial charge in [0.1, 0.15) is 0 Å². The first-order chi connectivity index (χ1) is 9.70. The van der Waals surface area contributed by atoms with Crippen LogP contribution in [0.15, 0.2) is 42.5 Å². The summed E-state index contributed by atoms with van der Waals surface area (Å²) < 4.78 is 4.88.